The summed E-state index contributed by atoms with van der Waals surface area (Å²) < 4.78 is 10.6. The minimum absolute atomic E-state index is 0.0398. The zero-order chi connectivity index (χ0) is 20.3. The Morgan fingerprint density at radius 1 is 0.964 bits per heavy atom. The molecule has 0 bridgehead atoms. The number of methoxy groups -OCH3 is 2. The first-order valence-electron chi connectivity index (χ1n) is 8.55. The summed E-state index contributed by atoms with van der Waals surface area (Å²) >= 11 is 1.39. The Morgan fingerprint density at radius 3 is 2.21 bits per heavy atom. The average molecular weight is 396 g/mol. The Morgan fingerprint density at radius 2 is 1.61 bits per heavy atom. The number of thiazole rings is 1. The molecule has 0 atom stereocenters. The molecule has 0 aliphatic carbocycles. The summed E-state index contributed by atoms with van der Waals surface area (Å²) in [5.41, 5.74) is 2.67. The van der Waals surface area contributed by atoms with E-state index in [9.17, 15) is 9.59 Å². The van der Waals surface area contributed by atoms with Crippen molar-refractivity contribution in [2.75, 3.05) is 19.5 Å². The first-order valence-corrected chi connectivity index (χ1v) is 9.36. The molecule has 3 aromatic rings. The van der Waals surface area contributed by atoms with E-state index in [0.29, 0.717) is 27.8 Å². The molecular formula is C21H20N2O4S. The van der Waals surface area contributed by atoms with Gasteiger partial charge >= 0.3 is 0 Å². The highest BCUT2D eigenvalue weighted by molar-refractivity contribution is 7.16. The van der Waals surface area contributed by atoms with Crippen LogP contribution in [0.15, 0.2) is 42.5 Å². The van der Waals surface area contributed by atoms with Crippen molar-refractivity contribution >= 4 is 28.2 Å². The number of aryl methyl sites for hydroxylation is 1. The number of anilines is 1. The summed E-state index contributed by atoms with van der Waals surface area (Å²) in [7, 11) is 3.17. The summed E-state index contributed by atoms with van der Waals surface area (Å²) in [5.74, 6) is 0.940. The standard InChI is InChI=1S/C21H20N2O4S/c1-12(24)14-5-7-15(8-6-14)20(25)23-21-22-19(13(2)28-21)16-9-10-17(26-3)18(11-16)27-4/h5-11H,1-4H3,(H,22,23,25). The van der Waals surface area contributed by atoms with E-state index in [-0.39, 0.29) is 11.7 Å². The number of benzene rings is 2. The van der Waals surface area contributed by atoms with Crippen LogP contribution in [-0.2, 0) is 0 Å². The minimum atomic E-state index is -0.275. The third-order valence-electron chi connectivity index (χ3n) is 4.23. The molecule has 6 nitrogen and oxygen atoms in total. The third kappa shape index (κ3) is 4.04. The SMILES string of the molecule is COc1ccc(-c2nc(NC(=O)c3ccc(C(C)=O)cc3)sc2C)cc1OC. The van der Waals surface area contributed by atoms with Gasteiger partial charge in [-0.2, -0.15) is 0 Å². The third-order valence-corrected chi connectivity index (χ3v) is 5.11. The van der Waals surface area contributed by atoms with Crippen molar-refractivity contribution in [3.8, 4) is 22.8 Å². The van der Waals surface area contributed by atoms with Crippen molar-refractivity contribution < 1.29 is 19.1 Å². The molecule has 0 radical (unpaired) electrons. The van der Waals surface area contributed by atoms with Gasteiger partial charge in [-0.05, 0) is 44.2 Å². The zero-order valence-electron chi connectivity index (χ0n) is 16.0. The van der Waals surface area contributed by atoms with Crippen molar-refractivity contribution in [2.24, 2.45) is 0 Å². The van der Waals surface area contributed by atoms with Gasteiger partial charge in [-0.15, -0.1) is 11.3 Å². The average Bonchev–Trinajstić information content (AvgIpc) is 3.07. The summed E-state index contributed by atoms with van der Waals surface area (Å²) in [6, 6.07) is 12.1. The van der Waals surface area contributed by atoms with E-state index in [2.05, 4.69) is 10.3 Å². The van der Waals surface area contributed by atoms with Crippen LogP contribution >= 0.6 is 11.3 Å². The van der Waals surface area contributed by atoms with Gasteiger partial charge in [0.1, 0.15) is 0 Å². The van der Waals surface area contributed by atoms with E-state index in [1.54, 1.807) is 38.5 Å². The van der Waals surface area contributed by atoms with Gasteiger partial charge in [0, 0.05) is 21.6 Å². The van der Waals surface area contributed by atoms with Gasteiger partial charge in [0.05, 0.1) is 19.9 Å². The number of ketones is 1. The number of rotatable bonds is 6. The highest BCUT2D eigenvalue weighted by Crippen LogP contribution is 2.36. The second-order valence-corrected chi connectivity index (χ2v) is 7.28. The number of amides is 1. The first kappa shape index (κ1) is 19.6. The molecule has 0 aliphatic rings. The van der Waals surface area contributed by atoms with Crippen molar-refractivity contribution in [1.29, 1.82) is 0 Å². The fourth-order valence-corrected chi connectivity index (χ4v) is 3.56. The molecule has 1 N–H and O–H groups in total. The van der Waals surface area contributed by atoms with Crippen LogP contribution in [0, 0.1) is 6.92 Å². The van der Waals surface area contributed by atoms with Gasteiger partial charge in [0.15, 0.2) is 22.4 Å². The second-order valence-electron chi connectivity index (χ2n) is 6.08. The van der Waals surface area contributed by atoms with Gasteiger partial charge in [0.2, 0.25) is 0 Å². The molecule has 144 valence electrons. The Bertz CT molecular complexity index is 1030. The molecule has 7 heteroatoms. The van der Waals surface area contributed by atoms with Gasteiger partial charge in [0.25, 0.3) is 5.91 Å². The molecule has 28 heavy (non-hydrogen) atoms. The predicted molar refractivity (Wildman–Crippen MR) is 110 cm³/mol. The maximum absolute atomic E-state index is 12.5. The number of ether oxygens (including phenoxy) is 2. The van der Waals surface area contributed by atoms with Gasteiger partial charge in [-0.25, -0.2) is 4.98 Å². The van der Waals surface area contributed by atoms with Crippen LogP contribution in [0.3, 0.4) is 0 Å². The largest absolute Gasteiger partial charge is 0.493 e. The molecule has 0 spiro atoms. The number of carbonyl (C=O) groups is 2. The minimum Gasteiger partial charge on any atom is -0.493 e. The molecule has 0 fully saturated rings. The van der Waals surface area contributed by atoms with E-state index in [1.165, 1.54) is 18.3 Å². The van der Waals surface area contributed by atoms with E-state index in [1.807, 2.05) is 25.1 Å². The fourth-order valence-electron chi connectivity index (χ4n) is 2.73. The number of Topliss-reactive ketones (excluding diaryl/α,β-unsaturated/α-hetero) is 1. The number of hydrogen-bond acceptors (Lipinski definition) is 6. The van der Waals surface area contributed by atoms with Crippen LogP contribution in [0.5, 0.6) is 11.5 Å². The Hall–Kier alpha value is -3.19. The van der Waals surface area contributed by atoms with Crippen molar-refractivity contribution in [3.63, 3.8) is 0 Å². The summed E-state index contributed by atoms with van der Waals surface area (Å²) in [6.45, 7) is 3.43. The molecule has 0 aliphatic heterocycles. The summed E-state index contributed by atoms with van der Waals surface area (Å²) in [4.78, 5) is 29.3. The second kappa shape index (κ2) is 8.22. The molecule has 1 aromatic heterocycles. The number of aromatic nitrogens is 1. The topological polar surface area (TPSA) is 77.5 Å². The van der Waals surface area contributed by atoms with Crippen LogP contribution in [0.25, 0.3) is 11.3 Å². The first-order chi connectivity index (χ1) is 13.4. The zero-order valence-corrected chi connectivity index (χ0v) is 16.8. The lowest BCUT2D eigenvalue weighted by atomic mass is 10.1. The molecule has 2 aromatic carbocycles. The maximum atomic E-state index is 12.5. The van der Waals surface area contributed by atoms with Crippen molar-refractivity contribution in [2.45, 2.75) is 13.8 Å². The maximum Gasteiger partial charge on any atom is 0.257 e. The lowest BCUT2D eigenvalue weighted by Gasteiger charge is -2.08. The number of nitrogens with one attached hydrogen (secondary N) is 1. The van der Waals surface area contributed by atoms with E-state index >= 15 is 0 Å². The smallest absolute Gasteiger partial charge is 0.257 e. The molecule has 0 saturated heterocycles. The summed E-state index contributed by atoms with van der Waals surface area (Å²) in [5, 5.41) is 3.32. The molecule has 0 unspecified atom stereocenters. The lowest BCUT2D eigenvalue weighted by molar-refractivity contribution is 0.100. The Labute approximate surface area is 167 Å². The monoisotopic (exact) mass is 396 g/mol. The van der Waals surface area contributed by atoms with Crippen LogP contribution in [-0.4, -0.2) is 30.9 Å². The van der Waals surface area contributed by atoms with Crippen LogP contribution < -0.4 is 14.8 Å². The van der Waals surface area contributed by atoms with E-state index in [4.69, 9.17) is 9.47 Å². The van der Waals surface area contributed by atoms with E-state index < -0.39 is 0 Å². The normalized spacial score (nSPS) is 10.4. The fraction of sp³-hybridized carbons (Fsp3) is 0.190. The van der Waals surface area contributed by atoms with Crippen LogP contribution in [0.4, 0.5) is 5.13 Å². The number of nitrogens with zero attached hydrogens (tertiary/aromatic N) is 1. The van der Waals surface area contributed by atoms with Gasteiger partial charge < -0.3 is 9.47 Å². The number of hydrogen-bond donors (Lipinski definition) is 1. The van der Waals surface area contributed by atoms with Gasteiger partial charge in [-0.3, -0.25) is 14.9 Å². The molecule has 0 saturated carbocycles. The molecular weight excluding hydrogens is 376 g/mol. The van der Waals surface area contributed by atoms with Crippen LogP contribution in [0.2, 0.25) is 0 Å². The lowest BCUT2D eigenvalue weighted by Crippen LogP contribution is -2.11. The van der Waals surface area contributed by atoms with E-state index in [0.717, 1.165) is 16.1 Å². The molecule has 3 rings (SSSR count). The highest BCUT2D eigenvalue weighted by Gasteiger charge is 2.15. The molecule has 1 amide bonds. The van der Waals surface area contributed by atoms with Crippen LogP contribution in [0.1, 0.15) is 32.5 Å². The van der Waals surface area contributed by atoms with Crippen molar-refractivity contribution in [3.05, 3.63) is 58.5 Å². The highest BCUT2D eigenvalue weighted by atomic mass is 32.1. The number of carbonyl (C=O) groups excluding carboxylic acids is 2. The predicted octanol–water partition coefficient (Wildman–Crippen LogP) is 4.59. The quantitative estimate of drug-likeness (QED) is 0.617. The Kier molecular flexibility index (Phi) is 5.75. The Balaban J connectivity index is 1.82. The van der Waals surface area contributed by atoms with Crippen molar-refractivity contribution in [1.82, 2.24) is 4.98 Å². The van der Waals surface area contributed by atoms with Gasteiger partial charge in [-0.1, -0.05) is 12.1 Å². The molecule has 1 heterocycles. The summed E-state index contributed by atoms with van der Waals surface area (Å²) in [6.07, 6.45) is 0.